The number of hydrogen-bond donors (Lipinski definition) is 2. The van der Waals surface area contributed by atoms with Gasteiger partial charge in [-0.25, -0.2) is 18.4 Å². The Morgan fingerprint density at radius 2 is 1.80 bits per heavy atom. The van der Waals surface area contributed by atoms with Crippen LogP contribution in [0.5, 0.6) is 0 Å². The molecule has 1 fully saturated rings. The van der Waals surface area contributed by atoms with Crippen LogP contribution >= 0.6 is 0 Å². The molecule has 182 valence electrons. The van der Waals surface area contributed by atoms with Gasteiger partial charge in [-0.2, -0.15) is 4.31 Å². The maximum atomic E-state index is 13.2. The molecular formula is C25H28N6O3S. The van der Waals surface area contributed by atoms with Gasteiger partial charge in [0.1, 0.15) is 0 Å². The molecule has 35 heavy (non-hydrogen) atoms. The molecule has 2 N–H and O–H groups in total. The number of benzene rings is 2. The summed E-state index contributed by atoms with van der Waals surface area (Å²) in [6.45, 7) is 1.78. The van der Waals surface area contributed by atoms with Crippen molar-refractivity contribution in [3.05, 3.63) is 60.3 Å². The van der Waals surface area contributed by atoms with Crippen LogP contribution in [0, 0.1) is 0 Å². The van der Waals surface area contributed by atoms with Crippen molar-refractivity contribution in [2.24, 2.45) is 0 Å². The summed E-state index contributed by atoms with van der Waals surface area (Å²) in [6.07, 6.45) is 3.50. The maximum absolute atomic E-state index is 13.2. The van der Waals surface area contributed by atoms with Crippen LogP contribution in [0.1, 0.15) is 18.4 Å². The van der Waals surface area contributed by atoms with Crippen molar-refractivity contribution in [2.45, 2.75) is 30.2 Å². The number of fused-ring (bicyclic) bond motifs is 3. The van der Waals surface area contributed by atoms with Crippen molar-refractivity contribution in [3.63, 3.8) is 0 Å². The van der Waals surface area contributed by atoms with Gasteiger partial charge in [-0.3, -0.25) is 4.79 Å². The molecule has 2 aliphatic heterocycles. The maximum Gasteiger partial charge on any atom is 0.243 e. The highest BCUT2D eigenvalue weighted by molar-refractivity contribution is 7.89. The standard InChI is InChI=1S/C25H28N6O3S/c1-30-13-11-19(12-14-30)31(2)35(33,34)20-9-7-18(8-10-20)27-25-26-16-17-15-23(32)28-22-6-4-3-5-21(22)24(17)29-25/h3-10,16,19H,11-15H2,1-2H3,(H,28,32)(H,26,27,29). The lowest BCUT2D eigenvalue weighted by atomic mass is 10.1. The quantitative estimate of drug-likeness (QED) is 0.564. The van der Waals surface area contributed by atoms with Crippen LogP contribution in [-0.4, -0.2) is 66.7 Å². The summed E-state index contributed by atoms with van der Waals surface area (Å²) in [4.78, 5) is 23.7. The van der Waals surface area contributed by atoms with E-state index in [9.17, 15) is 13.2 Å². The first-order chi connectivity index (χ1) is 16.8. The minimum atomic E-state index is -3.58. The number of nitrogens with one attached hydrogen (secondary N) is 2. The average Bonchev–Trinajstić information content (AvgIpc) is 2.99. The van der Waals surface area contributed by atoms with Gasteiger partial charge in [0.05, 0.1) is 22.7 Å². The number of aromatic nitrogens is 2. The zero-order chi connectivity index (χ0) is 24.6. The van der Waals surface area contributed by atoms with E-state index >= 15 is 0 Å². The second-order valence-corrected chi connectivity index (χ2v) is 11.0. The summed E-state index contributed by atoms with van der Waals surface area (Å²) in [5.41, 5.74) is 3.65. The molecule has 0 unspecified atom stereocenters. The van der Waals surface area contributed by atoms with Crippen molar-refractivity contribution in [1.29, 1.82) is 0 Å². The Kier molecular flexibility index (Phi) is 6.26. The van der Waals surface area contributed by atoms with Crippen molar-refractivity contribution in [3.8, 4) is 11.3 Å². The number of carbonyl (C=O) groups excluding carboxylic acids is 1. The average molecular weight is 493 g/mol. The third-order valence-corrected chi connectivity index (χ3v) is 8.59. The molecule has 0 spiro atoms. The monoisotopic (exact) mass is 492 g/mol. The first-order valence-corrected chi connectivity index (χ1v) is 13.0. The van der Waals surface area contributed by atoms with Crippen LogP contribution in [0.4, 0.5) is 17.3 Å². The van der Waals surface area contributed by atoms with Gasteiger partial charge in [-0.15, -0.1) is 0 Å². The lowest BCUT2D eigenvalue weighted by Crippen LogP contribution is -2.44. The fourth-order valence-corrected chi connectivity index (χ4v) is 5.97. The van der Waals surface area contributed by atoms with Gasteiger partial charge in [0.2, 0.25) is 21.9 Å². The van der Waals surface area contributed by atoms with E-state index in [0.29, 0.717) is 23.0 Å². The summed E-state index contributed by atoms with van der Waals surface area (Å²) >= 11 is 0. The molecule has 9 nitrogen and oxygen atoms in total. The highest BCUT2D eigenvalue weighted by Gasteiger charge is 2.30. The van der Waals surface area contributed by atoms with Gasteiger partial charge in [-0.05, 0) is 63.3 Å². The SMILES string of the molecule is CN1CCC(N(C)S(=O)(=O)c2ccc(Nc3ncc4c(n3)-c3ccccc3NC(=O)C4)cc2)CC1. The molecule has 0 radical (unpaired) electrons. The number of anilines is 3. The Bertz CT molecular complexity index is 1350. The summed E-state index contributed by atoms with van der Waals surface area (Å²) < 4.78 is 27.8. The van der Waals surface area contributed by atoms with Crippen molar-refractivity contribution >= 4 is 33.3 Å². The van der Waals surface area contributed by atoms with Crippen LogP contribution in [0.15, 0.2) is 59.6 Å². The number of sulfonamides is 1. The summed E-state index contributed by atoms with van der Waals surface area (Å²) in [7, 11) is 0.137. The van der Waals surface area contributed by atoms with Gasteiger partial charge in [0.25, 0.3) is 0 Å². The third kappa shape index (κ3) is 4.77. The Morgan fingerprint density at radius 3 is 2.54 bits per heavy atom. The van der Waals surface area contributed by atoms with Crippen molar-refractivity contribution in [1.82, 2.24) is 19.2 Å². The second kappa shape index (κ2) is 9.37. The highest BCUT2D eigenvalue weighted by atomic mass is 32.2. The first-order valence-electron chi connectivity index (χ1n) is 11.6. The van der Waals surface area contributed by atoms with Crippen molar-refractivity contribution in [2.75, 3.05) is 37.8 Å². The minimum Gasteiger partial charge on any atom is -0.325 e. The number of carbonyl (C=O) groups is 1. The normalized spacial score (nSPS) is 16.8. The van der Waals surface area contributed by atoms with E-state index in [1.807, 2.05) is 24.3 Å². The second-order valence-electron chi connectivity index (χ2n) is 9.04. The van der Waals surface area contributed by atoms with E-state index < -0.39 is 10.0 Å². The minimum absolute atomic E-state index is 0.00577. The van der Waals surface area contributed by atoms with E-state index in [0.717, 1.165) is 37.1 Å². The third-order valence-electron chi connectivity index (χ3n) is 6.66. The van der Waals surface area contributed by atoms with Crippen LogP contribution < -0.4 is 10.6 Å². The van der Waals surface area contributed by atoms with Gasteiger partial charge in [0.15, 0.2) is 0 Å². The Hall–Kier alpha value is -3.34. The van der Waals surface area contributed by atoms with Crippen LogP contribution in [0.25, 0.3) is 11.3 Å². The molecule has 0 saturated carbocycles. The van der Waals surface area contributed by atoms with Gasteiger partial charge < -0.3 is 15.5 Å². The molecule has 3 heterocycles. The Balaban J connectivity index is 1.35. The van der Waals surface area contributed by atoms with Crippen LogP contribution in [-0.2, 0) is 21.2 Å². The fraction of sp³-hybridized carbons (Fsp3) is 0.320. The predicted molar refractivity (Wildman–Crippen MR) is 135 cm³/mol. The number of rotatable bonds is 5. The lowest BCUT2D eigenvalue weighted by molar-refractivity contribution is -0.115. The fourth-order valence-electron chi connectivity index (χ4n) is 4.56. The molecule has 2 aromatic carbocycles. The van der Waals surface area contributed by atoms with E-state index in [1.54, 1.807) is 37.5 Å². The zero-order valence-corrected chi connectivity index (χ0v) is 20.5. The van der Waals surface area contributed by atoms with Gasteiger partial charge >= 0.3 is 0 Å². The lowest BCUT2D eigenvalue weighted by Gasteiger charge is -2.34. The summed E-state index contributed by atoms with van der Waals surface area (Å²) in [5, 5.41) is 6.05. The summed E-state index contributed by atoms with van der Waals surface area (Å²) in [6, 6.07) is 14.2. The molecule has 0 atom stereocenters. The molecule has 3 aromatic rings. The Morgan fingerprint density at radius 1 is 1.09 bits per heavy atom. The topological polar surface area (TPSA) is 108 Å². The number of piperidine rings is 1. The van der Waals surface area contributed by atoms with Gasteiger partial charge in [-0.1, -0.05) is 18.2 Å². The molecule has 1 saturated heterocycles. The zero-order valence-electron chi connectivity index (χ0n) is 19.7. The van der Waals surface area contributed by atoms with E-state index in [4.69, 9.17) is 0 Å². The molecule has 0 aliphatic carbocycles. The van der Waals surface area contributed by atoms with Gasteiger partial charge in [0, 0.05) is 36.1 Å². The number of hydrogen-bond acceptors (Lipinski definition) is 7. The number of nitrogens with zero attached hydrogens (tertiary/aromatic N) is 4. The molecule has 2 aliphatic rings. The first kappa shape index (κ1) is 23.4. The molecule has 5 rings (SSSR count). The van der Waals surface area contributed by atoms with Crippen LogP contribution in [0.3, 0.4) is 0 Å². The largest absolute Gasteiger partial charge is 0.325 e. The van der Waals surface area contributed by atoms with Crippen molar-refractivity contribution < 1.29 is 13.2 Å². The molecule has 10 heteroatoms. The number of amides is 1. The molecule has 1 aromatic heterocycles. The number of para-hydroxylation sites is 1. The highest BCUT2D eigenvalue weighted by Crippen LogP contribution is 2.33. The van der Waals surface area contributed by atoms with E-state index in [2.05, 4.69) is 32.5 Å². The predicted octanol–water partition coefficient (Wildman–Crippen LogP) is 3.10. The molecule has 0 bridgehead atoms. The molecule has 1 amide bonds. The van der Waals surface area contributed by atoms with Crippen LogP contribution in [0.2, 0.25) is 0 Å². The molecular weight excluding hydrogens is 464 g/mol. The summed E-state index contributed by atoms with van der Waals surface area (Å²) in [5.74, 6) is 0.259. The smallest absolute Gasteiger partial charge is 0.243 e. The van der Waals surface area contributed by atoms with E-state index in [1.165, 1.54) is 4.31 Å². The van der Waals surface area contributed by atoms with E-state index in [-0.39, 0.29) is 23.3 Å². The Labute approximate surface area is 205 Å². The number of likely N-dealkylation sites (tertiary alicyclic amines) is 1.